The number of hydrogen-bond donors (Lipinski definition) is 6. The molecule has 4 aromatic heterocycles. The summed E-state index contributed by atoms with van der Waals surface area (Å²) in [6.07, 6.45) is 0. The maximum atomic E-state index is 11.7. The van der Waals surface area contributed by atoms with Crippen LogP contribution in [0.15, 0.2) is 65.5 Å². The van der Waals surface area contributed by atoms with E-state index in [9.17, 15) is 39.6 Å². The third-order valence-electron chi connectivity index (χ3n) is 8.32. The van der Waals surface area contributed by atoms with Crippen LogP contribution >= 0.6 is 46.2 Å². The summed E-state index contributed by atoms with van der Waals surface area (Å²) in [5.74, 6) is -4.00. The van der Waals surface area contributed by atoms with Gasteiger partial charge in [0.05, 0.1) is 45.0 Å². The lowest BCUT2D eigenvalue weighted by Gasteiger charge is -2.15. The number of hydrogen-bond acceptors (Lipinski definition) is 20. The van der Waals surface area contributed by atoms with Crippen LogP contribution < -0.4 is 11.5 Å². The molecule has 0 saturated carbocycles. The van der Waals surface area contributed by atoms with E-state index in [0.717, 1.165) is 12.1 Å². The van der Waals surface area contributed by atoms with Gasteiger partial charge in [-0.1, -0.05) is 87.7 Å². The minimum Gasteiger partial charge on any atom is -0.478 e. The van der Waals surface area contributed by atoms with Gasteiger partial charge in [0, 0.05) is 22.3 Å². The first-order chi connectivity index (χ1) is 29.1. The van der Waals surface area contributed by atoms with E-state index in [1.165, 1.54) is 79.8 Å². The van der Waals surface area contributed by atoms with Gasteiger partial charge < -0.3 is 31.9 Å². The summed E-state index contributed by atoms with van der Waals surface area (Å²) in [7, 11) is 0. The van der Waals surface area contributed by atoms with Gasteiger partial charge in [0.25, 0.3) is 10.3 Å². The standard InChI is InChI=1S/C36H36N14O8S4/c1-35(2,3)23-21(25(37)49(47-23)19-11-15(27(51)52)9-16(12-19)28(53)54)39-41-31-43-45-33(61-31)59-7-8-60-34-46-44-32(62-34)42-40-22-24(36(4,5)6)48-50(26(22)38)20-13-17(29(55)56)10-18(14-20)30(57)58/h9-14H,7-8,37-38H2,1-6H3,(H,51,52)(H,53,54)(H,55,56)(H,57,58)/b41-39+,42-40+. The number of nitrogens with zero attached hydrogens (tertiary/aromatic N) is 12. The SMILES string of the molecule is CC(C)(C)c1nn(-c2cc(C(=O)O)cc(C(=O)O)c2)c(N)c1/N=N/c1nnc(SCCSc2nnc(/N=N/c3c(C(C)(C)C)nn(-c4cc(C(=O)O)cc(C(=O)O)c4)c3N)s2)s1. The second-order valence-corrected chi connectivity index (χ2v) is 19.6. The highest BCUT2D eigenvalue weighted by atomic mass is 32.2. The number of nitrogen functional groups attached to an aromatic ring is 2. The number of rotatable bonds is 15. The largest absolute Gasteiger partial charge is 0.478 e. The Hall–Kier alpha value is -6.64. The van der Waals surface area contributed by atoms with Gasteiger partial charge in [-0.05, 0) is 36.4 Å². The summed E-state index contributed by atoms with van der Waals surface area (Å²) >= 11 is 5.27. The molecule has 0 fully saturated rings. The third-order valence-corrected chi connectivity index (χ3v) is 12.5. The lowest BCUT2D eigenvalue weighted by Crippen LogP contribution is -2.13. The Bertz CT molecular complexity index is 2540. The van der Waals surface area contributed by atoms with E-state index in [0.29, 0.717) is 31.6 Å². The van der Waals surface area contributed by atoms with E-state index >= 15 is 0 Å². The molecule has 6 aromatic rings. The first-order valence-corrected chi connectivity index (χ1v) is 21.5. The number of carbonyl (C=O) groups is 4. The molecule has 6 rings (SSSR count). The number of carboxylic acids is 4. The van der Waals surface area contributed by atoms with Gasteiger partial charge in [0.15, 0.2) is 31.7 Å². The minimum absolute atomic E-state index is 0.0168. The number of aromatic carboxylic acids is 4. The fourth-order valence-corrected chi connectivity index (χ4v) is 8.89. The van der Waals surface area contributed by atoms with Crippen molar-refractivity contribution in [1.29, 1.82) is 0 Å². The number of aromatic nitrogens is 8. The van der Waals surface area contributed by atoms with Crippen molar-refractivity contribution in [2.24, 2.45) is 20.5 Å². The Kier molecular flexibility index (Phi) is 12.9. The highest BCUT2D eigenvalue weighted by Crippen LogP contribution is 2.41. The molecular weight excluding hydrogens is 885 g/mol. The molecule has 8 N–H and O–H groups in total. The number of anilines is 2. The van der Waals surface area contributed by atoms with Crippen LogP contribution in [0.1, 0.15) is 94.4 Å². The second kappa shape index (κ2) is 17.8. The van der Waals surface area contributed by atoms with Crippen LogP contribution in [0.25, 0.3) is 11.4 Å². The van der Waals surface area contributed by atoms with Crippen LogP contribution in [-0.4, -0.2) is 95.8 Å². The maximum Gasteiger partial charge on any atom is 0.335 e. The number of benzene rings is 2. The Morgan fingerprint density at radius 1 is 0.565 bits per heavy atom. The van der Waals surface area contributed by atoms with E-state index in [1.807, 2.05) is 41.5 Å². The summed E-state index contributed by atoms with van der Waals surface area (Å²) in [5, 5.41) is 81.6. The molecule has 322 valence electrons. The molecule has 0 radical (unpaired) electrons. The number of azo groups is 2. The lowest BCUT2D eigenvalue weighted by molar-refractivity contribution is 0.0676. The van der Waals surface area contributed by atoms with Gasteiger partial charge in [0.2, 0.25) is 0 Å². The van der Waals surface area contributed by atoms with Crippen molar-refractivity contribution in [2.45, 2.75) is 61.1 Å². The molecule has 62 heavy (non-hydrogen) atoms. The molecule has 2 aromatic carbocycles. The van der Waals surface area contributed by atoms with Crippen molar-refractivity contribution in [1.82, 2.24) is 40.0 Å². The van der Waals surface area contributed by atoms with Crippen LogP contribution in [0.2, 0.25) is 0 Å². The van der Waals surface area contributed by atoms with Crippen molar-refractivity contribution in [3.05, 3.63) is 70.0 Å². The molecule has 0 unspecified atom stereocenters. The summed E-state index contributed by atoms with van der Waals surface area (Å²) in [5.41, 5.74) is 12.3. The summed E-state index contributed by atoms with van der Waals surface area (Å²) < 4.78 is 3.72. The molecule has 0 amide bonds. The maximum absolute atomic E-state index is 11.7. The van der Waals surface area contributed by atoms with Crippen LogP contribution in [0.4, 0.5) is 33.3 Å². The molecule has 0 aliphatic carbocycles. The smallest absolute Gasteiger partial charge is 0.335 e. The zero-order valence-electron chi connectivity index (χ0n) is 33.5. The first-order valence-electron chi connectivity index (χ1n) is 17.9. The molecule has 0 spiro atoms. The molecule has 4 heterocycles. The third kappa shape index (κ3) is 10.1. The second-order valence-electron chi connectivity index (χ2n) is 15.0. The van der Waals surface area contributed by atoms with E-state index in [-0.39, 0.29) is 66.9 Å². The van der Waals surface area contributed by atoms with Gasteiger partial charge in [-0.3, -0.25) is 0 Å². The van der Waals surface area contributed by atoms with Crippen molar-refractivity contribution >= 4 is 103 Å². The molecule has 0 aliphatic rings. The fraction of sp³-hybridized carbons (Fsp3) is 0.278. The Labute approximate surface area is 367 Å². The van der Waals surface area contributed by atoms with Gasteiger partial charge in [-0.2, -0.15) is 10.2 Å². The van der Waals surface area contributed by atoms with Crippen molar-refractivity contribution in [2.75, 3.05) is 23.0 Å². The highest BCUT2D eigenvalue weighted by molar-refractivity contribution is 8.04. The van der Waals surface area contributed by atoms with Gasteiger partial charge in [-0.25, -0.2) is 28.5 Å². The number of nitrogens with two attached hydrogens (primary N) is 2. The van der Waals surface area contributed by atoms with Gasteiger partial charge in [0.1, 0.15) is 0 Å². The van der Waals surface area contributed by atoms with E-state index in [4.69, 9.17) is 11.5 Å². The van der Waals surface area contributed by atoms with E-state index in [2.05, 4.69) is 51.0 Å². The topological polar surface area (TPSA) is 338 Å². The molecule has 0 bridgehead atoms. The summed E-state index contributed by atoms with van der Waals surface area (Å²) in [6, 6.07) is 7.15. The molecule has 0 atom stereocenters. The van der Waals surface area contributed by atoms with Gasteiger partial charge >= 0.3 is 23.9 Å². The van der Waals surface area contributed by atoms with Crippen LogP contribution in [-0.2, 0) is 10.8 Å². The van der Waals surface area contributed by atoms with Crippen LogP contribution in [0, 0.1) is 0 Å². The Balaban J connectivity index is 1.11. The molecule has 22 nitrogen and oxygen atoms in total. The predicted molar refractivity (Wildman–Crippen MR) is 231 cm³/mol. The van der Waals surface area contributed by atoms with Crippen molar-refractivity contribution in [3.8, 4) is 11.4 Å². The van der Waals surface area contributed by atoms with Crippen LogP contribution in [0.5, 0.6) is 0 Å². The highest BCUT2D eigenvalue weighted by Gasteiger charge is 2.29. The predicted octanol–water partition coefficient (Wildman–Crippen LogP) is 8.03. The number of thioether (sulfide) groups is 2. The van der Waals surface area contributed by atoms with Crippen LogP contribution in [0.3, 0.4) is 0 Å². The van der Waals surface area contributed by atoms with Crippen molar-refractivity contribution < 1.29 is 39.6 Å². The average molecular weight is 921 g/mol. The molecule has 0 saturated heterocycles. The molecule has 26 heteroatoms. The zero-order valence-corrected chi connectivity index (χ0v) is 36.7. The molecular formula is C36H36N14O8S4. The van der Waals surface area contributed by atoms with E-state index in [1.54, 1.807) is 0 Å². The minimum atomic E-state index is -1.32. The fourth-order valence-electron chi connectivity index (χ4n) is 5.45. The number of carboxylic acid groups (broad SMARTS) is 4. The monoisotopic (exact) mass is 920 g/mol. The van der Waals surface area contributed by atoms with Crippen molar-refractivity contribution in [3.63, 3.8) is 0 Å². The summed E-state index contributed by atoms with van der Waals surface area (Å²) in [4.78, 5) is 46.9. The Morgan fingerprint density at radius 2 is 0.887 bits per heavy atom. The normalized spacial score (nSPS) is 12.2. The quantitative estimate of drug-likeness (QED) is 0.0322. The summed E-state index contributed by atoms with van der Waals surface area (Å²) in [6.45, 7) is 11.3. The Morgan fingerprint density at radius 3 is 1.18 bits per heavy atom. The average Bonchev–Trinajstić information content (AvgIpc) is 4.00. The first kappa shape index (κ1) is 44.9. The van der Waals surface area contributed by atoms with E-state index < -0.39 is 34.7 Å². The lowest BCUT2D eigenvalue weighted by atomic mass is 9.91. The van der Waals surface area contributed by atoms with Gasteiger partial charge in [-0.15, -0.1) is 40.9 Å². The zero-order chi connectivity index (χ0) is 45.3. The molecule has 0 aliphatic heterocycles.